The number of hydrogen-bond donors (Lipinski definition) is 2. The van der Waals surface area contributed by atoms with Crippen molar-refractivity contribution >= 4 is 35.4 Å². The molecule has 3 rings (SSSR count). The number of anilines is 1. The molecule has 2 aromatic carbocycles. The minimum absolute atomic E-state index is 0.0201. The van der Waals surface area contributed by atoms with Crippen LogP contribution in [0.3, 0.4) is 0 Å². The van der Waals surface area contributed by atoms with Gasteiger partial charge in [-0.15, -0.1) is 11.8 Å². The molecule has 0 atom stereocenters. The number of benzene rings is 2. The lowest BCUT2D eigenvalue weighted by Crippen LogP contribution is -2.12. The lowest BCUT2D eigenvalue weighted by atomic mass is 10.2. The average Bonchev–Trinajstić information content (AvgIpc) is 2.86. The first-order valence-corrected chi connectivity index (χ1v) is 9.09. The standard InChI is InChI=1S/C11H11NO3S.C8H9NO2/c1-15-11(14)7-2-3-9-8(6-7)12-10(13)4-5-16-9;9-8(10)11-6-7-4-2-1-3-5-7/h2-3,6H,4-5H2,1H3,(H,12,13);1-5H,6H2,(H2,9,10). The van der Waals surface area contributed by atoms with E-state index in [0.29, 0.717) is 17.7 Å². The smallest absolute Gasteiger partial charge is 0.404 e. The van der Waals surface area contributed by atoms with E-state index in [1.165, 1.54) is 7.11 Å². The van der Waals surface area contributed by atoms with Crippen molar-refractivity contribution in [3.8, 4) is 0 Å². The Bertz CT molecular complexity index is 811. The van der Waals surface area contributed by atoms with Crippen molar-refractivity contribution in [1.82, 2.24) is 0 Å². The third-order valence-corrected chi connectivity index (χ3v) is 4.56. The van der Waals surface area contributed by atoms with E-state index in [0.717, 1.165) is 16.2 Å². The molecule has 1 aliphatic heterocycles. The summed E-state index contributed by atoms with van der Waals surface area (Å²) in [6.07, 6.45) is -0.249. The molecule has 27 heavy (non-hydrogen) atoms. The number of carbonyl (C=O) groups excluding carboxylic acids is 3. The predicted molar refractivity (Wildman–Crippen MR) is 103 cm³/mol. The maximum Gasteiger partial charge on any atom is 0.404 e. The van der Waals surface area contributed by atoms with E-state index >= 15 is 0 Å². The highest BCUT2D eigenvalue weighted by molar-refractivity contribution is 7.99. The maximum atomic E-state index is 11.4. The van der Waals surface area contributed by atoms with Crippen LogP contribution in [0.4, 0.5) is 10.5 Å². The monoisotopic (exact) mass is 388 g/mol. The molecular formula is C19H20N2O5S. The first-order chi connectivity index (χ1) is 13.0. The first-order valence-electron chi connectivity index (χ1n) is 8.10. The molecule has 0 saturated heterocycles. The second-order valence-electron chi connectivity index (χ2n) is 5.44. The molecule has 2 aromatic rings. The molecule has 7 nitrogen and oxygen atoms in total. The van der Waals surface area contributed by atoms with Crippen molar-refractivity contribution < 1.29 is 23.9 Å². The number of esters is 1. The SMILES string of the molecule is COC(=O)c1ccc2c(c1)NC(=O)CCS2.NC(=O)OCc1ccccc1. The quantitative estimate of drug-likeness (QED) is 0.782. The van der Waals surface area contributed by atoms with Crippen molar-refractivity contribution in [2.75, 3.05) is 18.2 Å². The molecule has 0 aliphatic carbocycles. The molecule has 8 heteroatoms. The van der Waals surface area contributed by atoms with Gasteiger partial charge in [0.15, 0.2) is 0 Å². The third-order valence-electron chi connectivity index (χ3n) is 3.49. The molecule has 1 aliphatic rings. The van der Waals surface area contributed by atoms with Crippen LogP contribution in [-0.2, 0) is 20.9 Å². The van der Waals surface area contributed by atoms with Gasteiger partial charge in [-0.2, -0.15) is 0 Å². The molecule has 3 N–H and O–H groups in total. The highest BCUT2D eigenvalue weighted by Crippen LogP contribution is 2.31. The molecule has 0 saturated carbocycles. The lowest BCUT2D eigenvalue weighted by Gasteiger charge is -2.07. The zero-order valence-electron chi connectivity index (χ0n) is 14.8. The summed E-state index contributed by atoms with van der Waals surface area (Å²) in [5.41, 5.74) is 6.85. The number of rotatable bonds is 3. The minimum atomic E-state index is -0.742. The summed E-state index contributed by atoms with van der Waals surface area (Å²) in [4.78, 5) is 33.8. The van der Waals surface area contributed by atoms with Gasteiger partial charge >= 0.3 is 12.1 Å². The van der Waals surface area contributed by atoms with Gasteiger partial charge in [-0.1, -0.05) is 30.3 Å². The number of primary amides is 1. The van der Waals surface area contributed by atoms with Crippen molar-refractivity contribution in [3.63, 3.8) is 0 Å². The molecule has 0 spiro atoms. The van der Waals surface area contributed by atoms with E-state index in [2.05, 4.69) is 14.8 Å². The molecule has 142 valence electrons. The Labute approximate surface area is 161 Å². The van der Waals surface area contributed by atoms with Gasteiger partial charge in [-0.05, 0) is 23.8 Å². The molecule has 0 fully saturated rings. The summed E-state index contributed by atoms with van der Waals surface area (Å²) in [7, 11) is 1.33. The highest BCUT2D eigenvalue weighted by Gasteiger charge is 2.15. The summed E-state index contributed by atoms with van der Waals surface area (Å²) < 4.78 is 9.19. The fourth-order valence-electron chi connectivity index (χ4n) is 2.19. The Morgan fingerprint density at radius 3 is 2.59 bits per heavy atom. The van der Waals surface area contributed by atoms with Gasteiger partial charge in [0, 0.05) is 17.1 Å². The fourth-order valence-corrected chi connectivity index (χ4v) is 3.13. The summed E-state index contributed by atoms with van der Waals surface area (Å²) in [5.74, 6) is 0.343. The predicted octanol–water partition coefficient (Wildman–Crippen LogP) is 3.19. The van der Waals surface area contributed by atoms with Crippen LogP contribution in [0.15, 0.2) is 53.4 Å². The molecule has 0 bridgehead atoms. The lowest BCUT2D eigenvalue weighted by molar-refractivity contribution is -0.115. The number of methoxy groups -OCH3 is 1. The Morgan fingerprint density at radius 1 is 1.19 bits per heavy atom. The van der Waals surface area contributed by atoms with Crippen LogP contribution in [0, 0.1) is 0 Å². The molecular weight excluding hydrogens is 368 g/mol. The number of fused-ring (bicyclic) bond motifs is 1. The van der Waals surface area contributed by atoms with E-state index in [-0.39, 0.29) is 12.5 Å². The van der Waals surface area contributed by atoms with Crippen molar-refractivity contribution in [3.05, 3.63) is 59.7 Å². The largest absolute Gasteiger partial charge is 0.465 e. The van der Waals surface area contributed by atoms with Gasteiger partial charge in [-0.3, -0.25) is 4.79 Å². The normalized spacial score (nSPS) is 12.4. The van der Waals surface area contributed by atoms with Crippen molar-refractivity contribution in [2.45, 2.75) is 17.9 Å². The van der Waals surface area contributed by atoms with Crippen LogP contribution >= 0.6 is 11.8 Å². The number of nitrogens with one attached hydrogen (secondary N) is 1. The van der Waals surface area contributed by atoms with E-state index < -0.39 is 12.1 Å². The van der Waals surface area contributed by atoms with E-state index in [9.17, 15) is 14.4 Å². The Hall–Kier alpha value is -3.00. The maximum absolute atomic E-state index is 11.4. The molecule has 2 amide bonds. The number of nitrogens with two attached hydrogens (primary N) is 1. The molecule has 0 unspecified atom stereocenters. The van der Waals surface area contributed by atoms with Crippen LogP contribution in [0.5, 0.6) is 0 Å². The zero-order chi connectivity index (χ0) is 19.6. The second-order valence-corrected chi connectivity index (χ2v) is 6.58. The number of hydrogen-bond acceptors (Lipinski definition) is 6. The van der Waals surface area contributed by atoms with Crippen molar-refractivity contribution in [1.29, 1.82) is 0 Å². The van der Waals surface area contributed by atoms with E-state index in [4.69, 9.17) is 5.73 Å². The summed E-state index contributed by atoms with van der Waals surface area (Å²) >= 11 is 1.61. The number of amides is 2. The minimum Gasteiger partial charge on any atom is -0.465 e. The Balaban J connectivity index is 0.000000208. The topological polar surface area (TPSA) is 108 Å². The average molecular weight is 388 g/mol. The summed E-state index contributed by atoms with van der Waals surface area (Å²) in [5, 5.41) is 2.77. The van der Waals surface area contributed by atoms with Gasteiger partial charge in [0.2, 0.25) is 5.91 Å². The van der Waals surface area contributed by atoms with Gasteiger partial charge in [0.1, 0.15) is 6.61 Å². The molecule has 0 aromatic heterocycles. The Kier molecular flexibility index (Phi) is 7.69. The van der Waals surface area contributed by atoms with Gasteiger partial charge in [-0.25, -0.2) is 9.59 Å². The summed E-state index contributed by atoms with van der Waals surface area (Å²) in [6, 6.07) is 14.6. The van der Waals surface area contributed by atoms with Gasteiger partial charge in [0.05, 0.1) is 18.4 Å². The van der Waals surface area contributed by atoms with Crippen molar-refractivity contribution in [2.24, 2.45) is 5.73 Å². The van der Waals surface area contributed by atoms with Crippen LogP contribution in [0.1, 0.15) is 22.3 Å². The number of thioether (sulfide) groups is 1. The first kappa shape index (κ1) is 20.3. The van der Waals surface area contributed by atoms with E-state index in [1.807, 2.05) is 36.4 Å². The second kappa shape index (κ2) is 10.2. The van der Waals surface area contributed by atoms with Gasteiger partial charge in [0.25, 0.3) is 0 Å². The van der Waals surface area contributed by atoms with Gasteiger partial charge < -0.3 is 20.5 Å². The van der Waals surface area contributed by atoms with Crippen LogP contribution in [-0.4, -0.2) is 30.8 Å². The number of carbonyl (C=O) groups is 3. The van der Waals surface area contributed by atoms with E-state index in [1.54, 1.807) is 23.9 Å². The van der Waals surface area contributed by atoms with Crippen LogP contribution in [0.2, 0.25) is 0 Å². The highest BCUT2D eigenvalue weighted by atomic mass is 32.2. The molecule has 0 radical (unpaired) electrons. The van der Waals surface area contributed by atoms with Crippen LogP contribution < -0.4 is 11.1 Å². The van der Waals surface area contributed by atoms with Crippen LogP contribution in [0.25, 0.3) is 0 Å². The zero-order valence-corrected chi connectivity index (χ0v) is 15.6. The third kappa shape index (κ3) is 6.67. The summed E-state index contributed by atoms with van der Waals surface area (Å²) in [6.45, 7) is 0.246. The Morgan fingerprint density at radius 2 is 1.93 bits per heavy atom. The fraction of sp³-hybridized carbons (Fsp3) is 0.211. The molecule has 1 heterocycles. The number of ether oxygens (including phenoxy) is 2.